The highest BCUT2D eigenvalue weighted by molar-refractivity contribution is 5.84. The number of hydrogen-bond donors (Lipinski definition) is 1. The van der Waals surface area contributed by atoms with Crippen LogP contribution in [0.4, 0.5) is 13.2 Å². The SMILES string of the molecule is Cc1cc(=O)c(C(=O)O)nn1-c1cc(F)c(F)cc1F. The number of aryl methyl sites for hydroxylation is 1. The number of rotatable bonds is 2. The fourth-order valence-electron chi connectivity index (χ4n) is 1.61. The van der Waals surface area contributed by atoms with Gasteiger partial charge in [-0.1, -0.05) is 0 Å². The number of halogens is 3. The third-order valence-corrected chi connectivity index (χ3v) is 2.53. The second kappa shape index (κ2) is 4.80. The van der Waals surface area contributed by atoms with E-state index in [4.69, 9.17) is 5.11 Å². The molecule has 8 heteroatoms. The van der Waals surface area contributed by atoms with E-state index in [-0.39, 0.29) is 5.69 Å². The lowest BCUT2D eigenvalue weighted by molar-refractivity contribution is 0.0686. The van der Waals surface area contributed by atoms with Gasteiger partial charge in [-0.25, -0.2) is 22.6 Å². The molecule has 0 aliphatic heterocycles. The standard InChI is InChI=1S/C12H7F3N2O3/c1-5-2-10(18)11(12(19)20)16-17(5)9-4-7(14)6(13)3-8(9)15/h2-4H,1H3,(H,19,20). The molecule has 2 rings (SSSR count). The van der Waals surface area contributed by atoms with E-state index in [9.17, 15) is 22.8 Å². The average Bonchev–Trinajstić information content (AvgIpc) is 2.34. The van der Waals surface area contributed by atoms with Crippen LogP contribution in [0.15, 0.2) is 23.0 Å². The maximum Gasteiger partial charge on any atom is 0.360 e. The smallest absolute Gasteiger partial charge is 0.360 e. The van der Waals surface area contributed by atoms with Gasteiger partial charge in [-0.05, 0) is 6.92 Å². The fraction of sp³-hybridized carbons (Fsp3) is 0.0833. The zero-order valence-electron chi connectivity index (χ0n) is 10.0. The minimum absolute atomic E-state index is 0.0740. The Labute approximate surface area is 109 Å². The number of aromatic carboxylic acids is 1. The van der Waals surface area contributed by atoms with Crippen LogP contribution in [0.25, 0.3) is 5.69 Å². The Kier molecular flexibility index (Phi) is 3.31. The van der Waals surface area contributed by atoms with Crippen molar-refractivity contribution < 1.29 is 23.1 Å². The second-order valence-corrected chi connectivity index (χ2v) is 3.93. The molecule has 0 aliphatic rings. The van der Waals surface area contributed by atoms with E-state index in [1.165, 1.54) is 6.92 Å². The Morgan fingerprint density at radius 1 is 1.15 bits per heavy atom. The van der Waals surface area contributed by atoms with Crippen molar-refractivity contribution in [2.24, 2.45) is 0 Å². The number of aromatic nitrogens is 2. The first-order valence-electron chi connectivity index (χ1n) is 5.30. The Morgan fingerprint density at radius 3 is 2.35 bits per heavy atom. The van der Waals surface area contributed by atoms with Crippen molar-refractivity contribution in [3.8, 4) is 5.69 Å². The van der Waals surface area contributed by atoms with Gasteiger partial charge >= 0.3 is 5.97 Å². The summed E-state index contributed by atoms with van der Waals surface area (Å²) in [5, 5.41) is 12.2. The van der Waals surface area contributed by atoms with Gasteiger partial charge in [0.2, 0.25) is 11.1 Å². The maximum absolute atomic E-state index is 13.6. The molecule has 2 aromatic rings. The fourth-order valence-corrected chi connectivity index (χ4v) is 1.61. The molecule has 0 aliphatic carbocycles. The van der Waals surface area contributed by atoms with Crippen molar-refractivity contribution in [2.45, 2.75) is 6.92 Å². The first-order chi connectivity index (χ1) is 9.31. The number of benzene rings is 1. The van der Waals surface area contributed by atoms with E-state index in [0.717, 1.165) is 10.7 Å². The van der Waals surface area contributed by atoms with E-state index in [1.54, 1.807) is 0 Å². The van der Waals surface area contributed by atoms with Gasteiger partial charge in [0.25, 0.3) is 0 Å². The zero-order valence-corrected chi connectivity index (χ0v) is 10.0. The summed E-state index contributed by atoms with van der Waals surface area (Å²) in [5.74, 6) is -5.45. The van der Waals surface area contributed by atoms with Crippen molar-refractivity contribution in [3.63, 3.8) is 0 Å². The molecule has 104 valence electrons. The number of carbonyl (C=O) groups is 1. The molecule has 1 heterocycles. The predicted molar refractivity (Wildman–Crippen MR) is 61.4 cm³/mol. The van der Waals surface area contributed by atoms with Gasteiger partial charge in [-0.3, -0.25) is 4.79 Å². The third-order valence-electron chi connectivity index (χ3n) is 2.53. The van der Waals surface area contributed by atoms with Gasteiger partial charge in [0.05, 0.1) is 0 Å². The van der Waals surface area contributed by atoms with Crippen LogP contribution in [0.2, 0.25) is 0 Å². The van der Waals surface area contributed by atoms with Gasteiger partial charge in [0.15, 0.2) is 17.5 Å². The molecule has 1 N–H and O–H groups in total. The van der Waals surface area contributed by atoms with Crippen LogP contribution in [-0.2, 0) is 0 Å². The molecule has 0 fully saturated rings. The van der Waals surface area contributed by atoms with E-state index < -0.39 is 40.2 Å². The highest BCUT2D eigenvalue weighted by Crippen LogP contribution is 2.18. The first kappa shape index (κ1) is 13.8. The molecule has 5 nitrogen and oxygen atoms in total. The molecule has 1 aromatic carbocycles. The molecule has 0 bridgehead atoms. The summed E-state index contributed by atoms with van der Waals surface area (Å²) < 4.78 is 40.4. The van der Waals surface area contributed by atoms with Gasteiger partial charge in [-0.15, -0.1) is 0 Å². The molecular formula is C12H7F3N2O3. The molecule has 0 amide bonds. The number of hydrogen-bond acceptors (Lipinski definition) is 3. The lowest BCUT2D eigenvalue weighted by atomic mass is 10.2. The summed E-state index contributed by atoms with van der Waals surface area (Å²) in [4.78, 5) is 22.2. The Hall–Kier alpha value is -2.64. The molecule has 0 atom stereocenters. The molecule has 0 spiro atoms. The Morgan fingerprint density at radius 2 is 1.75 bits per heavy atom. The van der Waals surface area contributed by atoms with Crippen LogP contribution < -0.4 is 5.43 Å². The quantitative estimate of drug-likeness (QED) is 0.851. The Balaban J connectivity index is 2.76. The molecule has 0 saturated carbocycles. The van der Waals surface area contributed by atoms with Crippen molar-refractivity contribution in [1.29, 1.82) is 0 Å². The van der Waals surface area contributed by atoms with Gasteiger partial charge in [0.1, 0.15) is 5.69 Å². The van der Waals surface area contributed by atoms with E-state index in [0.29, 0.717) is 12.1 Å². The van der Waals surface area contributed by atoms with Crippen molar-refractivity contribution >= 4 is 5.97 Å². The predicted octanol–water partition coefficient (Wildman–Crippen LogP) is 1.66. The van der Waals surface area contributed by atoms with Crippen LogP contribution in [0, 0.1) is 24.4 Å². The minimum Gasteiger partial charge on any atom is -0.476 e. The Bertz CT molecular complexity index is 771. The van der Waals surface area contributed by atoms with Crippen molar-refractivity contribution in [3.05, 3.63) is 57.3 Å². The van der Waals surface area contributed by atoms with Crippen LogP contribution in [0.1, 0.15) is 16.2 Å². The normalized spacial score (nSPS) is 10.6. The average molecular weight is 284 g/mol. The summed E-state index contributed by atoms with van der Waals surface area (Å²) in [7, 11) is 0. The van der Waals surface area contributed by atoms with Crippen molar-refractivity contribution in [2.75, 3.05) is 0 Å². The van der Waals surface area contributed by atoms with E-state index in [2.05, 4.69) is 5.10 Å². The van der Waals surface area contributed by atoms with Crippen molar-refractivity contribution in [1.82, 2.24) is 9.78 Å². The highest BCUT2D eigenvalue weighted by atomic mass is 19.2. The van der Waals surface area contributed by atoms with Gasteiger partial charge in [-0.2, -0.15) is 5.10 Å². The lowest BCUT2D eigenvalue weighted by Crippen LogP contribution is -2.23. The van der Waals surface area contributed by atoms with E-state index in [1.807, 2.05) is 0 Å². The number of nitrogens with zero attached hydrogens (tertiary/aromatic N) is 2. The second-order valence-electron chi connectivity index (χ2n) is 3.93. The topological polar surface area (TPSA) is 72.2 Å². The molecule has 20 heavy (non-hydrogen) atoms. The molecular weight excluding hydrogens is 277 g/mol. The third kappa shape index (κ3) is 2.27. The molecule has 0 saturated heterocycles. The molecule has 1 aromatic heterocycles. The largest absolute Gasteiger partial charge is 0.476 e. The van der Waals surface area contributed by atoms with Gasteiger partial charge in [0, 0.05) is 23.9 Å². The highest BCUT2D eigenvalue weighted by Gasteiger charge is 2.17. The van der Waals surface area contributed by atoms with Gasteiger partial charge < -0.3 is 5.11 Å². The lowest BCUT2D eigenvalue weighted by Gasteiger charge is -2.11. The maximum atomic E-state index is 13.6. The minimum atomic E-state index is -1.60. The van der Waals surface area contributed by atoms with Crippen LogP contribution >= 0.6 is 0 Å². The number of carboxylic acid groups (broad SMARTS) is 1. The summed E-state index contributed by atoms with van der Waals surface area (Å²) in [5.41, 5.74) is -2.14. The van der Waals surface area contributed by atoms with Crippen LogP contribution in [0.3, 0.4) is 0 Å². The summed E-state index contributed by atoms with van der Waals surface area (Å²) >= 11 is 0. The molecule has 0 unspecified atom stereocenters. The number of carboxylic acids is 1. The monoisotopic (exact) mass is 284 g/mol. The van der Waals surface area contributed by atoms with E-state index >= 15 is 0 Å². The zero-order chi connectivity index (χ0) is 15.0. The molecule has 0 radical (unpaired) electrons. The summed E-state index contributed by atoms with van der Waals surface area (Å²) in [6.45, 7) is 1.35. The summed E-state index contributed by atoms with van der Waals surface area (Å²) in [6, 6.07) is 1.75. The summed E-state index contributed by atoms with van der Waals surface area (Å²) in [6.07, 6.45) is 0. The first-order valence-corrected chi connectivity index (χ1v) is 5.30. The van der Waals surface area contributed by atoms with Crippen LogP contribution in [0.5, 0.6) is 0 Å². The van der Waals surface area contributed by atoms with Crippen LogP contribution in [-0.4, -0.2) is 20.9 Å².